The molecule has 0 saturated carbocycles. The first-order chi connectivity index (χ1) is 9.42. The van der Waals surface area contributed by atoms with E-state index in [9.17, 15) is 0 Å². The molecule has 1 aromatic carbocycles. The van der Waals surface area contributed by atoms with Crippen LogP contribution in [-0.2, 0) is 11.2 Å². The van der Waals surface area contributed by atoms with Gasteiger partial charge in [-0.1, -0.05) is 18.5 Å². The highest BCUT2D eigenvalue weighted by Crippen LogP contribution is 2.22. The monoisotopic (exact) mass is 299 g/mol. The predicted molar refractivity (Wildman–Crippen MR) is 84.9 cm³/mol. The van der Waals surface area contributed by atoms with Crippen LogP contribution in [0.1, 0.15) is 33.3 Å². The summed E-state index contributed by atoms with van der Waals surface area (Å²) < 4.78 is 11.2. The van der Waals surface area contributed by atoms with Crippen molar-refractivity contribution in [3.8, 4) is 5.75 Å². The summed E-state index contributed by atoms with van der Waals surface area (Å²) in [6.07, 6.45) is 0.908. The second-order valence-corrected chi connectivity index (χ2v) is 6.15. The van der Waals surface area contributed by atoms with Gasteiger partial charge in [0.15, 0.2) is 0 Å². The molecule has 1 rings (SSSR count). The Hall–Kier alpha value is -0.770. The standard InChI is InChI=1S/C16H26ClNO2/c1-5-13-12-14(6-7-15(13)17)20-11-10-19-9-8-18-16(2,3)4/h6-7,12,18H,5,8-11H2,1-4H3. The van der Waals surface area contributed by atoms with Crippen LogP contribution >= 0.6 is 11.6 Å². The highest BCUT2D eigenvalue weighted by molar-refractivity contribution is 6.31. The topological polar surface area (TPSA) is 30.5 Å². The Morgan fingerprint density at radius 1 is 1.15 bits per heavy atom. The molecule has 20 heavy (non-hydrogen) atoms. The molecule has 114 valence electrons. The molecule has 0 atom stereocenters. The van der Waals surface area contributed by atoms with Crippen molar-refractivity contribution >= 4 is 11.6 Å². The molecule has 0 aliphatic carbocycles. The van der Waals surface area contributed by atoms with Gasteiger partial charge < -0.3 is 14.8 Å². The third-order valence-electron chi connectivity index (χ3n) is 2.80. The Balaban J connectivity index is 2.15. The number of halogens is 1. The summed E-state index contributed by atoms with van der Waals surface area (Å²) in [6, 6.07) is 5.76. The van der Waals surface area contributed by atoms with Crippen LogP contribution in [0, 0.1) is 0 Å². The van der Waals surface area contributed by atoms with Crippen LogP contribution in [0.3, 0.4) is 0 Å². The van der Waals surface area contributed by atoms with E-state index in [2.05, 4.69) is 33.0 Å². The predicted octanol–water partition coefficient (Wildman–Crippen LogP) is 3.69. The number of aryl methyl sites for hydroxylation is 1. The average molecular weight is 300 g/mol. The van der Waals surface area contributed by atoms with Crippen LogP contribution in [0.2, 0.25) is 5.02 Å². The Labute approximate surface area is 127 Å². The molecule has 0 aliphatic rings. The highest BCUT2D eigenvalue weighted by Gasteiger charge is 2.07. The molecule has 0 aliphatic heterocycles. The molecule has 1 aromatic rings. The van der Waals surface area contributed by atoms with Gasteiger partial charge in [-0.15, -0.1) is 0 Å². The van der Waals surface area contributed by atoms with Crippen molar-refractivity contribution in [1.29, 1.82) is 0 Å². The number of benzene rings is 1. The molecule has 4 heteroatoms. The molecule has 3 nitrogen and oxygen atoms in total. The molecule has 0 amide bonds. The summed E-state index contributed by atoms with van der Waals surface area (Å²) in [7, 11) is 0. The Bertz CT molecular complexity index is 402. The smallest absolute Gasteiger partial charge is 0.119 e. The third-order valence-corrected chi connectivity index (χ3v) is 3.16. The minimum atomic E-state index is 0.139. The third kappa shape index (κ3) is 7.13. The van der Waals surface area contributed by atoms with Gasteiger partial charge in [0, 0.05) is 17.1 Å². The lowest BCUT2D eigenvalue weighted by Gasteiger charge is -2.20. The van der Waals surface area contributed by atoms with Gasteiger partial charge in [-0.25, -0.2) is 0 Å². The van der Waals surface area contributed by atoms with Gasteiger partial charge in [-0.2, -0.15) is 0 Å². The van der Waals surface area contributed by atoms with Gasteiger partial charge in [0.1, 0.15) is 12.4 Å². The van der Waals surface area contributed by atoms with Gasteiger partial charge in [0.2, 0.25) is 0 Å². The summed E-state index contributed by atoms with van der Waals surface area (Å²) in [5.41, 5.74) is 1.25. The van der Waals surface area contributed by atoms with Gasteiger partial charge in [-0.3, -0.25) is 0 Å². The number of nitrogens with one attached hydrogen (secondary N) is 1. The molecule has 0 fully saturated rings. The van der Waals surface area contributed by atoms with Crippen molar-refractivity contribution < 1.29 is 9.47 Å². The maximum absolute atomic E-state index is 6.06. The van der Waals surface area contributed by atoms with Gasteiger partial charge >= 0.3 is 0 Å². The molecule has 1 N–H and O–H groups in total. The molecule has 0 unspecified atom stereocenters. The molecule has 0 bridgehead atoms. The Morgan fingerprint density at radius 3 is 2.55 bits per heavy atom. The zero-order valence-electron chi connectivity index (χ0n) is 13.0. The maximum atomic E-state index is 6.06. The van der Waals surface area contributed by atoms with Crippen LogP contribution in [0.15, 0.2) is 18.2 Å². The number of ether oxygens (including phenoxy) is 2. The lowest BCUT2D eigenvalue weighted by molar-refractivity contribution is 0.0985. The van der Waals surface area contributed by atoms with E-state index >= 15 is 0 Å². The van der Waals surface area contributed by atoms with Crippen molar-refractivity contribution in [2.45, 2.75) is 39.7 Å². The summed E-state index contributed by atoms with van der Waals surface area (Å²) >= 11 is 6.06. The van der Waals surface area contributed by atoms with Crippen molar-refractivity contribution in [3.63, 3.8) is 0 Å². The van der Waals surface area contributed by atoms with E-state index in [0.717, 1.165) is 29.3 Å². The quantitative estimate of drug-likeness (QED) is 0.743. The van der Waals surface area contributed by atoms with E-state index in [1.807, 2.05) is 18.2 Å². The van der Waals surface area contributed by atoms with E-state index in [1.54, 1.807) is 0 Å². The van der Waals surface area contributed by atoms with Crippen LogP contribution in [-0.4, -0.2) is 31.9 Å². The summed E-state index contributed by atoms with van der Waals surface area (Å²) in [5, 5.41) is 4.17. The van der Waals surface area contributed by atoms with E-state index < -0.39 is 0 Å². The molecule has 0 aromatic heterocycles. The summed E-state index contributed by atoms with van der Waals surface area (Å²) in [4.78, 5) is 0. The fourth-order valence-electron chi connectivity index (χ4n) is 1.73. The second kappa shape index (κ2) is 8.50. The van der Waals surface area contributed by atoms with Crippen LogP contribution in [0.4, 0.5) is 0 Å². The first-order valence-corrected chi connectivity index (χ1v) is 7.54. The van der Waals surface area contributed by atoms with Gasteiger partial charge in [-0.05, 0) is 51.0 Å². The van der Waals surface area contributed by atoms with E-state index in [1.165, 1.54) is 0 Å². The number of rotatable bonds is 8. The van der Waals surface area contributed by atoms with Gasteiger partial charge in [0.05, 0.1) is 13.2 Å². The van der Waals surface area contributed by atoms with Crippen LogP contribution in [0.5, 0.6) is 5.75 Å². The molecular formula is C16H26ClNO2. The van der Waals surface area contributed by atoms with Crippen molar-refractivity contribution in [3.05, 3.63) is 28.8 Å². The highest BCUT2D eigenvalue weighted by atomic mass is 35.5. The van der Waals surface area contributed by atoms with E-state index in [4.69, 9.17) is 21.1 Å². The average Bonchev–Trinajstić information content (AvgIpc) is 2.38. The molecular weight excluding hydrogens is 274 g/mol. The first-order valence-electron chi connectivity index (χ1n) is 7.16. The van der Waals surface area contributed by atoms with Crippen molar-refractivity contribution in [2.75, 3.05) is 26.4 Å². The molecule has 0 spiro atoms. The minimum absolute atomic E-state index is 0.139. The Morgan fingerprint density at radius 2 is 1.90 bits per heavy atom. The first kappa shape index (κ1) is 17.3. The zero-order valence-corrected chi connectivity index (χ0v) is 13.7. The van der Waals surface area contributed by atoms with Crippen molar-refractivity contribution in [1.82, 2.24) is 5.32 Å². The fraction of sp³-hybridized carbons (Fsp3) is 0.625. The van der Waals surface area contributed by atoms with E-state index in [-0.39, 0.29) is 5.54 Å². The van der Waals surface area contributed by atoms with Crippen molar-refractivity contribution in [2.24, 2.45) is 0 Å². The number of hydrogen-bond acceptors (Lipinski definition) is 3. The fourth-order valence-corrected chi connectivity index (χ4v) is 1.98. The van der Waals surface area contributed by atoms with Gasteiger partial charge in [0.25, 0.3) is 0 Å². The largest absolute Gasteiger partial charge is 0.491 e. The zero-order chi connectivity index (χ0) is 15.0. The molecule has 0 saturated heterocycles. The normalized spacial score (nSPS) is 11.7. The summed E-state index contributed by atoms with van der Waals surface area (Å²) in [5.74, 6) is 0.850. The number of hydrogen-bond donors (Lipinski definition) is 1. The molecule has 0 heterocycles. The van der Waals surface area contributed by atoms with E-state index in [0.29, 0.717) is 19.8 Å². The maximum Gasteiger partial charge on any atom is 0.119 e. The SMILES string of the molecule is CCc1cc(OCCOCCNC(C)(C)C)ccc1Cl. The Kier molecular flexibility index (Phi) is 7.35. The molecule has 0 radical (unpaired) electrons. The lowest BCUT2D eigenvalue weighted by atomic mass is 10.1. The summed E-state index contributed by atoms with van der Waals surface area (Å²) in [6.45, 7) is 11.2. The lowest BCUT2D eigenvalue weighted by Crippen LogP contribution is -2.38. The van der Waals surface area contributed by atoms with Crippen LogP contribution < -0.4 is 10.1 Å². The van der Waals surface area contributed by atoms with Crippen LogP contribution in [0.25, 0.3) is 0 Å². The second-order valence-electron chi connectivity index (χ2n) is 5.74. The minimum Gasteiger partial charge on any atom is -0.491 e.